The molecule has 2 aromatic carbocycles. The minimum absolute atomic E-state index is 0.0446. The number of carbonyl (C=O) groups excluding carboxylic acids is 1. The van der Waals surface area contributed by atoms with Crippen LogP contribution in [0.2, 0.25) is 5.02 Å². The van der Waals surface area contributed by atoms with Gasteiger partial charge < -0.3 is 14.8 Å². The highest BCUT2D eigenvalue weighted by atomic mass is 35.5. The first-order valence-electron chi connectivity index (χ1n) is 7.34. The maximum atomic E-state index is 12.4. The zero-order valence-corrected chi connectivity index (χ0v) is 14.7. The molecule has 8 heteroatoms. The van der Waals surface area contributed by atoms with E-state index < -0.39 is 10.8 Å². The summed E-state index contributed by atoms with van der Waals surface area (Å²) in [6, 6.07) is 8.63. The van der Waals surface area contributed by atoms with Gasteiger partial charge in [0.1, 0.15) is 0 Å². The number of carbonyl (C=O) groups is 1. The molecule has 7 nitrogen and oxygen atoms in total. The molecule has 0 spiro atoms. The van der Waals surface area contributed by atoms with Crippen LogP contribution >= 0.6 is 11.6 Å². The number of halogens is 1. The Morgan fingerprint density at radius 1 is 1.16 bits per heavy atom. The van der Waals surface area contributed by atoms with Crippen molar-refractivity contribution in [1.82, 2.24) is 5.32 Å². The van der Waals surface area contributed by atoms with E-state index in [1.807, 2.05) is 0 Å². The number of methoxy groups -OCH3 is 2. The number of hydrogen-bond donors (Lipinski definition) is 1. The number of benzene rings is 2. The topological polar surface area (TPSA) is 90.7 Å². The van der Waals surface area contributed by atoms with Gasteiger partial charge in [-0.3, -0.25) is 14.9 Å². The molecule has 2 rings (SSSR count). The normalized spacial score (nSPS) is 11.5. The average molecular weight is 365 g/mol. The number of nitrogens with zero attached hydrogens (tertiary/aromatic N) is 1. The standard InChI is InChI=1S/C17H17ClN2O5/c1-10(11-4-7-15(24-2)16(8-11)25-3)19-17(21)13-9-12(20(22)23)5-6-14(13)18/h4-10H,1-3H3,(H,19,21)/t10-/m1/s1. The third-order valence-electron chi connectivity index (χ3n) is 3.66. The lowest BCUT2D eigenvalue weighted by atomic mass is 10.1. The van der Waals surface area contributed by atoms with E-state index in [-0.39, 0.29) is 22.3 Å². The van der Waals surface area contributed by atoms with Crippen LogP contribution < -0.4 is 14.8 Å². The van der Waals surface area contributed by atoms with Crippen molar-refractivity contribution in [2.75, 3.05) is 14.2 Å². The molecule has 0 bridgehead atoms. The highest BCUT2D eigenvalue weighted by molar-refractivity contribution is 6.33. The fourth-order valence-electron chi connectivity index (χ4n) is 2.28. The Morgan fingerprint density at radius 2 is 1.84 bits per heavy atom. The van der Waals surface area contributed by atoms with Gasteiger partial charge in [0, 0.05) is 12.1 Å². The highest BCUT2D eigenvalue weighted by Crippen LogP contribution is 2.30. The Morgan fingerprint density at radius 3 is 2.44 bits per heavy atom. The van der Waals surface area contributed by atoms with E-state index in [2.05, 4.69) is 5.32 Å². The first kappa shape index (κ1) is 18.5. The van der Waals surface area contributed by atoms with Crippen molar-refractivity contribution < 1.29 is 19.2 Å². The predicted octanol–water partition coefficient (Wildman–Crippen LogP) is 3.76. The molecular weight excluding hydrogens is 348 g/mol. The predicted molar refractivity (Wildman–Crippen MR) is 93.5 cm³/mol. The molecule has 1 atom stereocenters. The summed E-state index contributed by atoms with van der Waals surface area (Å²) in [6.45, 7) is 1.78. The minimum Gasteiger partial charge on any atom is -0.493 e. The smallest absolute Gasteiger partial charge is 0.270 e. The van der Waals surface area contributed by atoms with Crippen LogP contribution in [0.4, 0.5) is 5.69 Å². The summed E-state index contributed by atoms with van der Waals surface area (Å²) in [5.74, 6) is 0.608. The van der Waals surface area contributed by atoms with Gasteiger partial charge in [0.2, 0.25) is 0 Å². The second-order valence-electron chi connectivity index (χ2n) is 5.23. The van der Waals surface area contributed by atoms with Crippen molar-refractivity contribution in [3.8, 4) is 11.5 Å². The Labute approximate surface area is 149 Å². The van der Waals surface area contributed by atoms with Crippen molar-refractivity contribution in [3.63, 3.8) is 0 Å². The maximum absolute atomic E-state index is 12.4. The monoisotopic (exact) mass is 364 g/mol. The molecule has 0 unspecified atom stereocenters. The molecule has 25 heavy (non-hydrogen) atoms. The molecule has 1 amide bonds. The summed E-state index contributed by atoms with van der Waals surface area (Å²) >= 11 is 5.99. The van der Waals surface area contributed by atoms with Crippen LogP contribution in [0.5, 0.6) is 11.5 Å². The lowest BCUT2D eigenvalue weighted by Crippen LogP contribution is -2.27. The molecular formula is C17H17ClN2O5. The largest absolute Gasteiger partial charge is 0.493 e. The Hall–Kier alpha value is -2.80. The maximum Gasteiger partial charge on any atom is 0.270 e. The summed E-state index contributed by atoms with van der Waals surface area (Å²) < 4.78 is 10.4. The molecule has 0 saturated heterocycles. The van der Waals surface area contributed by atoms with E-state index in [1.165, 1.54) is 26.4 Å². The van der Waals surface area contributed by atoms with E-state index in [0.717, 1.165) is 11.6 Å². The summed E-state index contributed by atoms with van der Waals surface area (Å²) in [7, 11) is 3.06. The zero-order valence-electron chi connectivity index (χ0n) is 13.9. The van der Waals surface area contributed by atoms with Gasteiger partial charge in [-0.1, -0.05) is 17.7 Å². The van der Waals surface area contributed by atoms with Crippen molar-refractivity contribution in [1.29, 1.82) is 0 Å². The number of hydrogen-bond acceptors (Lipinski definition) is 5. The van der Waals surface area contributed by atoms with Crippen LogP contribution in [0.1, 0.15) is 28.9 Å². The first-order valence-corrected chi connectivity index (χ1v) is 7.72. The Balaban J connectivity index is 2.23. The van der Waals surface area contributed by atoms with Crippen molar-refractivity contribution in [2.45, 2.75) is 13.0 Å². The summed E-state index contributed by atoms with van der Waals surface area (Å²) in [5.41, 5.74) is 0.629. The molecule has 0 aliphatic carbocycles. The van der Waals surface area contributed by atoms with Gasteiger partial charge in [-0.05, 0) is 30.7 Å². The SMILES string of the molecule is COc1ccc([C@@H](C)NC(=O)c2cc([N+](=O)[O-])ccc2Cl)cc1OC. The van der Waals surface area contributed by atoms with E-state index in [4.69, 9.17) is 21.1 Å². The highest BCUT2D eigenvalue weighted by Gasteiger charge is 2.18. The molecule has 1 N–H and O–H groups in total. The minimum atomic E-state index is -0.578. The molecule has 0 aliphatic heterocycles. The number of ether oxygens (including phenoxy) is 2. The Kier molecular flexibility index (Phi) is 5.82. The van der Waals surface area contributed by atoms with Crippen molar-refractivity contribution in [2.24, 2.45) is 0 Å². The van der Waals surface area contributed by atoms with Gasteiger partial charge in [0.15, 0.2) is 11.5 Å². The summed E-state index contributed by atoms with van der Waals surface area (Å²) in [5, 5.41) is 13.8. The van der Waals surface area contributed by atoms with Crippen LogP contribution in [-0.4, -0.2) is 25.1 Å². The van der Waals surface area contributed by atoms with E-state index in [9.17, 15) is 14.9 Å². The zero-order chi connectivity index (χ0) is 18.6. The second kappa shape index (κ2) is 7.85. The molecule has 2 aromatic rings. The molecule has 0 saturated carbocycles. The lowest BCUT2D eigenvalue weighted by Gasteiger charge is -2.17. The van der Waals surface area contributed by atoms with Crippen LogP contribution in [-0.2, 0) is 0 Å². The molecule has 0 aromatic heterocycles. The van der Waals surface area contributed by atoms with Gasteiger partial charge >= 0.3 is 0 Å². The molecule has 0 radical (unpaired) electrons. The molecule has 132 valence electrons. The number of nitrogens with one attached hydrogen (secondary N) is 1. The number of non-ortho nitro benzene ring substituents is 1. The van der Waals surface area contributed by atoms with Gasteiger partial charge in [0.05, 0.1) is 35.8 Å². The average Bonchev–Trinajstić information content (AvgIpc) is 2.60. The van der Waals surface area contributed by atoms with E-state index in [0.29, 0.717) is 11.5 Å². The number of nitro groups is 1. The second-order valence-corrected chi connectivity index (χ2v) is 5.64. The van der Waals surface area contributed by atoms with Crippen LogP contribution in [0.25, 0.3) is 0 Å². The third kappa shape index (κ3) is 4.19. The summed E-state index contributed by atoms with van der Waals surface area (Å²) in [6.07, 6.45) is 0. The quantitative estimate of drug-likeness (QED) is 0.622. The molecule has 0 aliphatic rings. The van der Waals surface area contributed by atoms with Gasteiger partial charge in [-0.2, -0.15) is 0 Å². The van der Waals surface area contributed by atoms with E-state index >= 15 is 0 Å². The van der Waals surface area contributed by atoms with Crippen LogP contribution in [0, 0.1) is 10.1 Å². The van der Waals surface area contributed by atoms with E-state index in [1.54, 1.807) is 25.1 Å². The van der Waals surface area contributed by atoms with Gasteiger partial charge in [0.25, 0.3) is 11.6 Å². The third-order valence-corrected chi connectivity index (χ3v) is 3.99. The number of nitro benzene ring substituents is 1. The van der Waals surface area contributed by atoms with Crippen LogP contribution in [0.3, 0.4) is 0 Å². The lowest BCUT2D eigenvalue weighted by molar-refractivity contribution is -0.384. The number of rotatable bonds is 6. The fourth-order valence-corrected chi connectivity index (χ4v) is 2.48. The Bertz CT molecular complexity index is 810. The summed E-state index contributed by atoms with van der Waals surface area (Å²) in [4.78, 5) is 22.7. The van der Waals surface area contributed by atoms with Crippen molar-refractivity contribution in [3.05, 3.63) is 62.7 Å². The first-order chi connectivity index (χ1) is 11.9. The molecule has 0 fully saturated rings. The van der Waals surface area contributed by atoms with Crippen LogP contribution in [0.15, 0.2) is 36.4 Å². The molecule has 0 heterocycles. The van der Waals surface area contributed by atoms with Crippen molar-refractivity contribution >= 4 is 23.2 Å². The van der Waals surface area contributed by atoms with Gasteiger partial charge in [-0.25, -0.2) is 0 Å². The fraction of sp³-hybridized carbons (Fsp3) is 0.235. The van der Waals surface area contributed by atoms with Gasteiger partial charge in [-0.15, -0.1) is 0 Å². The number of amides is 1.